The van der Waals surface area contributed by atoms with Crippen molar-refractivity contribution < 1.29 is 0 Å². The van der Waals surface area contributed by atoms with Gasteiger partial charge < -0.3 is 4.90 Å². The van der Waals surface area contributed by atoms with Gasteiger partial charge in [0.1, 0.15) is 10.6 Å². The molecule has 0 amide bonds. The molecular weight excluding hydrogens is 350 g/mol. The highest BCUT2D eigenvalue weighted by atomic mass is 35.5. The van der Waals surface area contributed by atoms with Gasteiger partial charge >= 0.3 is 0 Å². The van der Waals surface area contributed by atoms with Crippen LogP contribution < -0.4 is 4.90 Å². The molecule has 0 radical (unpaired) electrons. The molecule has 0 spiro atoms. The Balaban J connectivity index is 1.90. The van der Waals surface area contributed by atoms with Crippen molar-refractivity contribution in [1.29, 1.82) is 0 Å². The molecule has 0 N–H and O–H groups in total. The third-order valence-corrected chi connectivity index (χ3v) is 5.29. The van der Waals surface area contributed by atoms with E-state index in [4.69, 9.17) is 11.6 Å². The van der Waals surface area contributed by atoms with E-state index < -0.39 is 0 Å². The lowest BCUT2D eigenvalue weighted by Gasteiger charge is -2.22. The van der Waals surface area contributed by atoms with Crippen LogP contribution in [-0.2, 0) is 0 Å². The Kier molecular flexibility index (Phi) is 4.38. The number of hydrogen-bond donors (Lipinski definition) is 0. The third kappa shape index (κ3) is 3.11. The Bertz CT molecular complexity index is 1000. The molecule has 0 saturated carbocycles. The summed E-state index contributed by atoms with van der Waals surface area (Å²) in [6, 6.07) is 22.7. The lowest BCUT2D eigenvalue weighted by Crippen LogP contribution is -2.17. The number of benzene rings is 2. The summed E-state index contributed by atoms with van der Waals surface area (Å²) in [5, 5.41) is 1.30. The van der Waals surface area contributed by atoms with Gasteiger partial charge in [-0.2, -0.15) is 4.98 Å². The highest BCUT2D eigenvalue weighted by Crippen LogP contribution is 2.38. The second-order valence-corrected chi connectivity index (χ2v) is 6.96. The monoisotopic (exact) mass is 365 g/mol. The van der Waals surface area contributed by atoms with E-state index in [9.17, 15) is 0 Å². The van der Waals surface area contributed by atoms with Crippen molar-refractivity contribution in [3.63, 3.8) is 0 Å². The minimum atomic E-state index is 0.276. The molecule has 0 saturated heterocycles. The number of rotatable bonds is 4. The number of thiophene rings is 1. The Morgan fingerprint density at radius 2 is 1.64 bits per heavy atom. The minimum Gasteiger partial charge on any atom is -0.326 e. The van der Waals surface area contributed by atoms with E-state index in [1.165, 1.54) is 5.56 Å². The van der Waals surface area contributed by atoms with Crippen LogP contribution >= 0.6 is 22.9 Å². The van der Waals surface area contributed by atoms with Crippen LogP contribution in [0.15, 0.2) is 66.7 Å². The maximum atomic E-state index is 6.23. The van der Waals surface area contributed by atoms with Gasteiger partial charge in [-0.25, -0.2) is 4.98 Å². The fourth-order valence-electron chi connectivity index (χ4n) is 2.89. The highest BCUT2D eigenvalue weighted by Gasteiger charge is 2.17. The van der Waals surface area contributed by atoms with Crippen LogP contribution in [0.5, 0.6) is 0 Å². The zero-order valence-electron chi connectivity index (χ0n) is 13.7. The van der Waals surface area contributed by atoms with E-state index in [2.05, 4.69) is 52.1 Å². The summed E-state index contributed by atoms with van der Waals surface area (Å²) in [6.45, 7) is 2.91. The number of nitrogens with zero attached hydrogens (tertiary/aromatic N) is 3. The molecule has 0 fully saturated rings. The standard InChI is InChI=1S/C20H16ClN3S/c1-2-24(15-11-7-4-8-12-15)18-16-13-17(14-9-5-3-6-10-14)25-19(16)23-20(21)22-18/h3-13H,2H2,1H3. The van der Waals surface area contributed by atoms with E-state index in [0.29, 0.717) is 0 Å². The summed E-state index contributed by atoms with van der Waals surface area (Å²) in [5.41, 5.74) is 2.27. The maximum absolute atomic E-state index is 6.23. The van der Waals surface area contributed by atoms with Crippen molar-refractivity contribution in [2.45, 2.75) is 6.92 Å². The Hall–Kier alpha value is -2.43. The van der Waals surface area contributed by atoms with Crippen molar-refractivity contribution in [3.8, 4) is 10.4 Å². The van der Waals surface area contributed by atoms with Crippen LogP contribution in [0.3, 0.4) is 0 Å². The fourth-order valence-corrected chi connectivity index (χ4v) is 4.14. The molecule has 0 aliphatic carbocycles. The third-order valence-electron chi connectivity index (χ3n) is 4.04. The number of fused-ring (bicyclic) bond motifs is 1. The Morgan fingerprint density at radius 1 is 0.960 bits per heavy atom. The van der Waals surface area contributed by atoms with E-state index in [1.54, 1.807) is 11.3 Å². The molecule has 2 aromatic carbocycles. The van der Waals surface area contributed by atoms with Crippen molar-refractivity contribution in [2.75, 3.05) is 11.4 Å². The van der Waals surface area contributed by atoms with Crippen LogP contribution in [0.1, 0.15) is 6.92 Å². The fraction of sp³-hybridized carbons (Fsp3) is 0.100. The Morgan fingerprint density at radius 3 is 2.32 bits per heavy atom. The molecule has 0 bridgehead atoms. The molecule has 25 heavy (non-hydrogen) atoms. The zero-order chi connectivity index (χ0) is 17.2. The van der Waals surface area contributed by atoms with Crippen molar-refractivity contribution in [1.82, 2.24) is 9.97 Å². The molecule has 0 aliphatic rings. The average molecular weight is 366 g/mol. The summed E-state index contributed by atoms with van der Waals surface area (Å²) in [5.74, 6) is 0.849. The predicted molar refractivity (Wildman–Crippen MR) is 107 cm³/mol. The summed E-state index contributed by atoms with van der Waals surface area (Å²) >= 11 is 7.86. The normalized spacial score (nSPS) is 11.0. The second-order valence-electron chi connectivity index (χ2n) is 5.59. The minimum absolute atomic E-state index is 0.276. The Labute approximate surface area is 155 Å². The van der Waals surface area contributed by atoms with Crippen LogP contribution in [-0.4, -0.2) is 16.5 Å². The molecule has 0 unspecified atom stereocenters. The maximum Gasteiger partial charge on any atom is 0.225 e. The largest absolute Gasteiger partial charge is 0.326 e. The van der Waals surface area contributed by atoms with Gasteiger partial charge in [0.05, 0.1) is 5.39 Å². The molecule has 3 nitrogen and oxygen atoms in total. The smallest absolute Gasteiger partial charge is 0.225 e. The van der Waals surface area contributed by atoms with Gasteiger partial charge in [-0.3, -0.25) is 0 Å². The number of anilines is 2. The quantitative estimate of drug-likeness (QED) is 0.405. The lowest BCUT2D eigenvalue weighted by atomic mass is 10.2. The molecule has 124 valence electrons. The summed E-state index contributed by atoms with van der Waals surface area (Å²) < 4.78 is 0. The molecular formula is C20H16ClN3S. The van der Waals surface area contributed by atoms with E-state index in [-0.39, 0.29) is 5.28 Å². The molecule has 0 atom stereocenters. The highest BCUT2D eigenvalue weighted by molar-refractivity contribution is 7.22. The molecule has 5 heteroatoms. The molecule has 2 heterocycles. The van der Waals surface area contributed by atoms with Crippen molar-refractivity contribution >= 4 is 44.7 Å². The average Bonchev–Trinajstić information content (AvgIpc) is 3.08. The van der Waals surface area contributed by atoms with E-state index in [0.717, 1.165) is 33.1 Å². The molecule has 2 aromatic heterocycles. The van der Waals surface area contributed by atoms with Crippen LogP contribution in [0.4, 0.5) is 11.5 Å². The van der Waals surface area contributed by atoms with E-state index in [1.807, 2.05) is 36.4 Å². The van der Waals surface area contributed by atoms with Gasteiger partial charge in [-0.15, -0.1) is 11.3 Å². The molecule has 4 rings (SSSR count). The first kappa shape index (κ1) is 16.1. The summed E-state index contributed by atoms with van der Waals surface area (Å²) in [6.07, 6.45) is 0. The summed E-state index contributed by atoms with van der Waals surface area (Å²) in [4.78, 5) is 13.2. The lowest BCUT2D eigenvalue weighted by molar-refractivity contribution is 0.991. The van der Waals surface area contributed by atoms with E-state index >= 15 is 0 Å². The van der Waals surface area contributed by atoms with Crippen molar-refractivity contribution in [3.05, 3.63) is 72.0 Å². The topological polar surface area (TPSA) is 29.0 Å². The predicted octanol–water partition coefficient (Wildman–Crippen LogP) is 6.17. The van der Waals surface area contributed by atoms with Gasteiger partial charge in [0, 0.05) is 17.1 Å². The second kappa shape index (κ2) is 6.82. The molecule has 0 aliphatic heterocycles. The van der Waals surface area contributed by atoms with Crippen LogP contribution in [0.25, 0.3) is 20.7 Å². The first-order valence-corrected chi connectivity index (χ1v) is 9.31. The SMILES string of the molecule is CCN(c1ccccc1)c1nc(Cl)nc2sc(-c3ccccc3)cc12. The number of hydrogen-bond acceptors (Lipinski definition) is 4. The van der Waals surface area contributed by atoms with Gasteiger partial charge in [0.2, 0.25) is 5.28 Å². The first-order valence-electron chi connectivity index (χ1n) is 8.11. The van der Waals surface area contributed by atoms with Gasteiger partial charge in [0.25, 0.3) is 0 Å². The number of halogens is 1. The van der Waals surface area contributed by atoms with Gasteiger partial charge in [-0.1, -0.05) is 48.5 Å². The molecule has 4 aromatic rings. The number of aromatic nitrogens is 2. The van der Waals surface area contributed by atoms with Gasteiger partial charge in [-0.05, 0) is 42.3 Å². The van der Waals surface area contributed by atoms with Crippen LogP contribution in [0.2, 0.25) is 5.28 Å². The zero-order valence-corrected chi connectivity index (χ0v) is 15.3. The summed E-state index contributed by atoms with van der Waals surface area (Å²) in [7, 11) is 0. The first-order chi connectivity index (χ1) is 12.3. The number of para-hydroxylation sites is 1. The van der Waals surface area contributed by atoms with Gasteiger partial charge in [0.15, 0.2) is 0 Å². The van der Waals surface area contributed by atoms with Crippen molar-refractivity contribution in [2.24, 2.45) is 0 Å². The van der Waals surface area contributed by atoms with Crippen LogP contribution in [0, 0.1) is 0 Å².